The van der Waals surface area contributed by atoms with Crippen molar-refractivity contribution in [1.29, 1.82) is 0 Å². The van der Waals surface area contributed by atoms with Crippen LogP contribution in [0.2, 0.25) is 0 Å². The molecule has 3 aromatic rings. The average Bonchev–Trinajstić information content (AvgIpc) is 3.11. The Morgan fingerprint density at radius 2 is 1.80 bits per heavy atom. The van der Waals surface area contributed by atoms with Gasteiger partial charge in [-0.05, 0) is 99.7 Å². The van der Waals surface area contributed by atoms with Crippen LogP contribution in [0.15, 0.2) is 142 Å². The SMILES string of the molecule is C1=Cc2cc(C3=CC(c4ccc5ccccc5c4)NC(C4=CC(C5=CCCN=C5)=CC(C5=CNCC=C5)C4)=N3)ccc2CC1. The average molecular weight is 573 g/mol. The van der Waals surface area contributed by atoms with E-state index in [4.69, 9.17) is 4.99 Å². The monoisotopic (exact) mass is 572 g/mol. The minimum absolute atomic E-state index is 0.00620. The summed E-state index contributed by atoms with van der Waals surface area (Å²) in [6, 6.07) is 22.2. The lowest BCUT2D eigenvalue weighted by atomic mass is 9.82. The first-order valence-corrected chi connectivity index (χ1v) is 15.9. The van der Waals surface area contributed by atoms with E-state index in [0.29, 0.717) is 0 Å². The van der Waals surface area contributed by atoms with E-state index in [-0.39, 0.29) is 12.0 Å². The van der Waals surface area contributed by atoms with Gasteiger partial charge in [-0.15, -0.1) is 0 Å². The van der Waals surface area contributed by atoms with Crippen LogP contribution in [0.5, 0.6) is 0 Å². The van der Waals surface area contributed by atoms with Crippen molar-refractivity contribution in [3.63, 3.8) is 0 Å². The lowest BCUT2D eigenvalue weighted by Crippen LogP contribution is -2.33. The molecule has 44 heavy (non-hydrogen) atoms. The Labute approximate surface area is 259 Å². The van der Waals surface area contributed by atoms with Crippen LogP contribution >= 0.6 is 0 Å². The van der Waals surface area contributed by atoms with Crippen LogP contribution in [0.3, 0.4) is 0 Å². The minimum Gasteiger partial charge on any atom is -0.387 e. The summed E-state index contributed by atoms with van der Waals surface area (Å²) in [5.41, 5.74) is 11.1. The highest BCUT2D eigenvalue weighted by molar-refractivity contribution is 6.04. The van der Waals surface area contributed by atoms with Gasteiger partial charge in [0.1, 0.15) is 5.84 Å². The van der Waals surface area contributed by atoms with Crippen molar-refractivity contribution in [1.82, 2.24) is 10.6 Å². The van der Waals surface area contributed by atoms with E-state index in [1.165, 1.54) is 49.8 Å². The van der Waals surface area contributed by atoms with Gasteiger partial charge in [0, 0.05) is 37.0 Å². The zero-order valence-electron chi connectivity index (χ0n) is 24.8. The van der Waals surface area contributed by atoms with E-state index < -0.39 is 0 Å². The first-order chi connectivity index (χ1) is 21.8. The van der Waals surface area contributed by atoms with Gasteiger partial charge in [-0.2, -0.15) is 0 Å². The van der Waals surface area contributed by atoms with Gasteiger partial charge in [-0.3, -0.25) is 4.99 Å². The molecule has 0 bridgehead atoms. The largest absolute Gasteiger partial charge is 0.387 e. The number of aryl methyl sites for hydroxylation is 1. The maximum absolute atomic E-state index is 5.36. The Bertz CT molecular complexity index is 1920. The quantitative estimate of drug-likeness (QED) is 0.324. The normalized spacial score (nSPS) is 22.5. The molecule has 5 aliphatic rings. The lowest BCUT2D eigenvalue weighted by Gasteiger charge is -2.30. The summed E-state index contributed by atoms with van der Waals surface area (Å²) in [6.45, 7) is 1.74. The van der Waals surface area contributed by atoms with Crippen molar-refractivity contribution in [3.05, 3.63) is 154 Å². The van der Waals surface area contributed by atoms with E-state index in [1.54, 1.807) is 0 Å². The molecule has 2 aliphatic carbocycles. The summed E-state index contributed by atoms with van der Waals surface area (Å²) in [7, 11) is 0. The standard InChI is InChI=1S/C40H36N4/c1-3-9-29-19-31(15-13-27(29)7-1)38-24-39(32-16-14-28-8-2-4-10-30(28)20-32)44-40(43-38)37-22-35(33-11-5-17-41-25-33)21-36(23-37)34-12-6-18-42-26-34/h1,3-5,7,9-16,19-21,23-26,35,38,41H,2,6,8,17-18,22H2,(H,43,44). The second kappa shape index (κ2) is 11.6. The molecule has 0 saturated heterocycles. The van der Waals surface area contributed by atoms with E-state index in [9.17, 15) is 0 Å². The molecule has 2 atom stereocenters. The third kappa shape index (κ3) is 5.33. The van der Waals surface area contributed by atoms with Crippen molar-refractivity contribution in [2.45, 2.75) is 31.7 Å². The van der Waals surface area contributed by atoms with Crippen molar-refractivity contribution >= 4 is 34.6 Å². The third-order valence-corrected chi connectivity index (χ3v) is 9.18. The lowest BCUT2D eigenvalue weighted by molar-refractivity contribution is 0.725. The number of rotatable bonds is 5. The van der Waals surface area contributed by atoms with Crippen LogP contribution in [0.4, 0.5) is 0 Å². The molecule has 3 aliphatic heterocycles. The molecule has 0 saturated carbocycles. The van der Waals surface area contributed by atoms with E-state index in [1.807, 2.05) is 6.21 Å². The van der Waals surface area contributed by atoms with Crippen LogP contribution in [0, 0.1) is 5.92 Å². The van der Waals surface area contributed by atoms with Crippen LogP contribution in [-0.2, 0) is 6.42 Å². The van der Waals surface area contributed by atoms with Crippen molar-refractivity contribution in [2.75, 3.05) is 13.1 Å². The van der Waals surface area contributed by atoms with Crippen molar-refractivity contribution in [2.24, 2.45) is 15.9 Å². The Morgan fingerprint density at radius 3 is 2.68 bits per heavy atom. The number of nitrogens with one attached hydrogen (secondary N) is 2. The maximum Gasteiger partial charge on any atom is 0.130 e. The molecule has 2 unspecified atom stereocenters. The van der Waals surface area contributed by atoms with Gasteiger partial charge in [0.25, 0.3) is 0 Å². The Kier molecular flexibility index (Phi) is 7.03. The molecule has 3 heterocycles. The molecule has 4 nitrogen and oxygen atoms in total. The van der Waals surface area contributed by atoms with Gasteiger partial charge in [0.2, 0.25) is 0 Å². The summed E-state index contributed by atoms with van der Waals surface area (Å²) >= 11 is 0. The number of hydrogen-bond donors (Lipinski definition) is 2. The smallest absolute Gasteiger partial charge is 0.130 e. The number of aliphatic imine (C=N–C) groups is 2. The zero-order chi connectivity index (χ0) is 29.3. The summed E-state index contributed by atoms with van der Waals surface area (Å²) in [5, 5.41) is 9.79. The molecule has 0 spiro atoms. The second-order valence-electron chi connectivity index (χ2n) is 12.1. The highest BCUT2D eigenvalue weighted by Crippen LogP contribution is 2.36. The predicted molar refractivity (Wildman–Crippen MR) is 185 cm³/mol. The molecular formula is C40H36N4. The number of allylic oxidation sites excluding steroid dienone is 7. The molecule has 3 aromatic carbocycles. The van der Waals surface area contributed by atoms with E-state index in [0.717, 1.165) is 55.9 Å². The Morgan fingerprint density at radius 1 is 0.841 bits per heavy atom. The Balaban J connectivity index is 1.23. The maximum atomic E-state index is 5.36. The summed E-state index contributed by atoms with van der Waals surface area (Å²) < 4.78 is 0. The highest BCUT2D eigenvalue weighted by atomic mass is 15.1. The highest BCUT2D eigenvalue weighted by Gasteiger charge is 2.27. The molecular weight excluding hydrogens is 536 g/mol. The number of benzene rings is 3. The van der Waals surface area contributed by atoms with Gasteiger partial charge in [-0.1, -0.05) is 85.0 Å². The van der Waals surface area contributed by atoms with Crippen molar-refractivity contribution in [3.8, 4) is 0 Å². The molecule has 8 rings (SSSR count). The van der Waals surface area contributed by atoms with E-state index >= 15 is 0 Å². The second-order valence-corrected chi connectivity index (χ2v) is 12.1. The zero-order valence-corrected chi connectivity index (χ0v) is 24.8. The fraction of sp³-hybridized carbons (Fsp3) is 0.200. The van der Waals surface area contributed by atoms with Crippen LogP contribution in [0.1, 0.15) is 47.6 Å². The van der Waals surface area contributed by atoms with Crippen LogP contribution in [-0.4, -0.2) is 25.1 Å². The Hall–Kier alpha value is -4.96. The first-order valence-electron chi connectivity index (χ1n) is 15.9. The summed E-state index contributed by atoms with van der Waals surface area (Å²) in [6.07, 6.45) is 26.6. The van der Waals surface area contributed by atoms with Gasteiger partial charge in [-0.25, -0.2) is 4.99 Å². The molecule has 216 valence electrons. The molecule has 0 fully saturated rings. The molecule has 0 radical (unpaired) electrons. The molecule has 2 N–H and O–H groups in total. The number of dihydropyridines is 2. The number of fused-ring (bicyclic) bond motifs is 2. The molecule has 0 aromatic heterocycles. The fourth-order valence-electron chi connectivity index (χ4n) is 6.82. The minimum atomic E-state index is -0.00620. The van der Waals surface area contributed by atoms with Crippen molar-refractivity contribution < 1.29 is 0 Å². The third-order valence-electron chi connectivity index (χ3n) is 9.18. The van der Waals surface area contributed by atoms with E-state index in [2.05, 4.69) is 131 Å². The van der Waals surface area contributed by atoms with Crippen LogP contribution in [0.25, 0.3) is 22.5 Å². The fourth-order valence-corrected chi connectivity index (χ4v) is 6.82. The van der Waals surface area contributed by atoms with Gasteiger partial charge in [0.15, 0.2) is 0 Å². The van der Waals surface area contributed by atoms with Gasteiger partial charge < -0.3 is 10.6 Å². The number of amidine groups is 1. The first kappa shape index (κ1) is 26.7. The summed E-state index contributed by atoms with van der Waals surface area (Å²) in [5.74, 6) is 1.20. The topological polar surface area (TPSA) is 48.8 Å². The number of nitrogens with zero attached hydrogens (tertiary/aromatic N) is 2. The molecule has 4 heteroatoms. The summed E-state index contributed by atoms with van der Waals surface area (Å²) in [4.78, 5) is 9.97. The predicted octanol–water partition coefficient (Wildman–Crippen LogP) is 8.20. The van der Waals surface area contributed by atoms with Gasteiger partial charge in [0.05, 0.1) is 11.7 Å². The molecule has 0 amide bonds. The number of hydrogen-bond acceptors (Lipinski definition) is 4. The van der Waals surface area contributed by atoms with Crippen LogP contribution < -0.4 is 10.6 Å². The van der Waals surface area contributed by atoms with Gasteiger partial charge >= 0.3 is 0 Å².